The Morgan fingerprint density at radius 3 is 3.11 bits per heavy atom. The van der Waals surface area contributed by atoms with Crippen LogP contribution in [-0.2, 0) is 0 Å². The molecule has 2 heterocycles. The molecular formula is C11H17ClN4OS. The number of nitrogens with one attached hydrogen (secondary N) is 1. The first-order valence-corrected chi connectivity index (χ1v) is 7.44. The molecule has 7 heteroatoms. The quantitative estimate of drug-likeness (QED) is 0.865. The molecule has 2 rings (SSSR count). The lowest BCUT2D eigenvalue weighted by Crippen LogP contribution is -2.45. The molecule has 1 fully saturated rings. The number of piperidine rings is 1. The minimum atomic E-state index is -0.0263. The van der Waals surface area contributed by atoms with E-state index in [9.17, 15) is 4.79 Å². The van der Waals surface area contributed by atoms with Crippen LogP contribution in [0.3, 0.4) is 0 Å². The molecule has 18 heavy (non-hydrogen) atoms. The Bertz CT molecular complexity index is 412. The number of likely N-dealkylation sites (tertiary alicyclic amines) is 1. The number of aromatic nitrogens is 2. The fourth-order valence-corrected chi connectivity index (χ4v) is 3.03. The van der Waals surface area contributed by atoms with Crippen LogP contribution in [0.1, 0.15) is 28.8 Å². The number of carbonyl (C=O) groups is 1. The van der Waals surface area contributed by atoms with Gasteiger partial charge in [-0.15, -0.1) is 33.1 Å². The van der Waals surface area contributed by atoms with Crippen molar-refractivity contribution in [1.82, 2.24) is 20.4 Å². The molecule has 0 saturated carbocycles. The van der Waals surface area contributed by atoms with E-state index in [1.165, 1.54) is 0 Å². The molecule has 1 aliphatic rings. The van der Waals surface area contributed by atoms with Crippen molar-refractivity contribution >= 4 is 29.0 Å². The number of aryl methyl sites for hydroxylation is 1. The molecule has 0 radical (unpaired) electrons. The van der Waals surface area contributed by atoms with Gasteiger partial charge in [-0.25, -0.2) is 4.79 Å². The minimum Gasteiger partial charge on any atom is -0.337 e. The van der Waals surface area contributed by atoms with Crippen molar-refractivity contribution in [3.05, 3.63) is 10.0 Å². The maximum atomic E-state index is 11.9. The van der Waals surface area contributed by atoms with Gasteiger partial charge in [0.1, 0.15) is 10.0 Å². The van der Waals surface area contributed by atoms with E-state index in [4.69, 9.17) is 11.6 Å². The lowest BCUT2D eigenvalue weighted by molar-refractivity contribution is 0.180. The molecule has 1 saturated heterocycles. The highest BCUT2D eigenvalue weighted by Gasteiger charge is 2.26. The number of carbonyl (C=O) groups excluding carboxylic acids is 1. The van der Waals surface area contributed by atoms with Crippen LogP contribution in [0, 0.1) is 6.92 Å². The zero-order chi connectivity index (χ0) is 13.0. The van der Waals surface area contributed by atoms with E-state index in [0.29, 0.717) is 18.3 Å². The highest BCUT2D eigenvalue weighted by Crippen LogP contribution is 2.28. The lowest BCUT2D eigenvalue weighted by atomic mass is 9.99. The van der Waals surface area contributed by atoms with Gasteiger partial charge in [-0.3, -0.25) is 0 Å². The largest absolute Gasteiger partial charge is 0.337 e. The molecule has 0 aliphatic carbocycles. The lowest BCUT2D eigenvalue weighted by Gasteiger charge is -2.31. The number of halogens is 1. The van der Waals surface area contributed by atoms with Gasteiger partial charge in [-0.1, -0.05) is 0 Å². The van der Waals surface area contributed by atoms with E-state index in [2.05, 4.69) is 15.5 Å². The Morgan fingerprint density at radius 1 is 1.61 bits per heavy atom. The third kappa shape index (κ3) is 3.32. The summed E-state index contributed by atoms with van der Waals surface area (Å²) in [6.45, 7) is 4.00. The van der Waals surface area contributed by atoms with Gasteiger partial charge in [-0.05, 0) is 19.8 Å². The van der Waals surface area contributed by atoms with Crippen molar-refractivity contribution in [3.8, 4) is 0 Å². The molecule has 1 aromatic heterocycles. The molecule has 0 aromatic carbocycles. The van der Waals surface area contributed by atoms with Gasteiger partial charge in [0.15, 0.2) is 0 Å². The SMILES string of the molecule is Cc1nnc(C2CCCN(C(=O)NCCCl)C2)s1. The second-order valence-electron chi connectivity index (χ2n) is 4.37. The second-order valence-corrected chi connectivity index (χ2v) is 5.96. The molecule has 1 unspecified atom stereocenters. The summed E-state index contributed by atoms with van der Waals surface area (Å²) in [5, 5.41) is 13.1. The van der Waals surface area contributed by atoms with Crippen molar-refractivity contribution < 1.29 is 4.79 Å². The summed E-state index contributed by atoms with van der Waals surface area (Å²) in [4.78, 5) is 13.7. The number of amides is 2. The third-order valence-corrected chi connectivity index (χ3v) is 4.16. The van der Waals surface area contributed by atoms with Crippen LogP contribution in [0.25, 0.3) is 0 Å². The summed E-state index contributed by atoms with van der Waals surface area (Å²) in [6, 6.07) is -0.0263. The minimum absolute atomic E-state index is 0.0263. The Labute approximate surface area is 116 Å². The zero-order valence-corrected chi connectivity index (χ0v) is 11.9. The van der Waals surface area contributed by atoms with Crippen LogP contribution in [-0.4, -0.2) is 46.6 Å². The van der Waals surface area contributed by atoms with Gasteiger partial charge in [0, 0.05) is 31.4 Å². The van der Waals surface area contributed by atoms with Crippen LogP contribution in [0.4, 0.5) is 4.79 Å². The third-order valence-electron chi connectivity index (χ3n) is 2.97. The van der Waals surface area contributed by atoms with Crippen molar-refractivity contribution in [1.29, 1.82) is 0 Å². The van der Waals surface area contributed by atoms with Crippen LogP contribution < -0.4 is 5.32 Å². The molecule has 100 valence electrons. The molecule has 2 amide bonds. The number of rotatable bonds is 3. The average Bonchev–Trinajstić information content (AvgIpc) is 2.83. The van der Waals surface area contributed by atoms with Crippen molar-refractivity contribution in [2.75, 3.05) is 25.5 Å². The first-order chi connectivity index (χ1) is 8.70. The molecular weight excluding hydrogens is 272 g/mol. The van der Waals surface area contributed by atoms with Gasteiger partial charge < -0.3 is 10.2 Å². The van der Waals surface area contributed by atoms with E-state index >= 15 is 0 Å². The Morgan fingerprint density at radius 2 is 2.44 bits per heavy atom. The van der Waals surface area contributed by atoms with E-state index in [0.717, 1.165) is 35.9 Å². The number of alkyl halides is 1. The standard InChI is InChI=1S/C11H17ClN4OS/c1-8-14-15-10(18-8)9-3-2-6-16(7-9)11(17)13-5-4-12/h9H,2-7H2,1H3,(H,13,17). The molecule has 1 atom stereocenters. The molecule has 1 aliphatic heterocycles. The number of nitrogens with zero attached hydrogens (tertiary/aromatic N) is 3. The van der Waals surface area contributed by atoms with Crippen molar-refractivity contribution in [2.45, 2.75) is 25.7 Å². The van der Waals surface area contributed by atoms with E-state index < -0.39 is 0 Å². The fourth-order valence-electron chi connectivity index (χ4n) is 2.11. The molecule has 0 spiro atoms. The Kier molecular flexibility index (Phi) is 4.77. The van der Waals surface area contributed by atoms with Crippen LogP contribution >= 0.6 is 22.9 Å². The molecule has 1 N–H and O–H groups in total. The highest BCUT2D eigenvalue weighted by atomic mass is 35.5. The van der Waals surface area contributed by atoms with Crippen LogP contribution in [0.5, 0.6) is 0 Å². The molecule has 1 aromatic rings. The van der Waals surface area contributed by atoms with Gasteiger partial charge in [0.2, 0.25) is 0 Å². The van der Waals surface area contributed by atoms with Crippen LogP contribution in [0.15, 0.2) is 0 Å². The fraction of sp³-hybridized carbons (Fsp3) is 0.727. The van der Waals surface area contributed by atoms with Gasteiger partial charge in [0.25, 0.3) is 0 Å². The summed E-state index contributed by atoms with van der Waals surface area (Å²) in [6.07, 6.45) is 2.09. The maximum Gasteiger partial charge on any atom is 0.317 e. The number of hydrogen-bond acceptors (Lipinski definition) is 4. The predicted octanol–water partition coefficient (Wildman–Crippen LogP) is 1.97. The normalized spacial score (nSPS) is 19.9. The predicted molar refractivity (Wildman–Crippen MR) is 72.3 cm³/mol. The smallest absolute Gasteiger partial charge is 0.317 e. The summed E-state index contributed by atoms with van der Waals surface area (Å²) in [5.41, 5.74) is 0. The monoisotopic (exact) mass is 288 g/mol. The van der Waals surface area contributed by atoms with Gasteiger partial charge >= 0.3 is 6.03 Å². The molecule has 0 bridgehead atoms. The maximum absolute atomic E-state index is 11.9. The first kappa shape index (κ1) is 13.5. The van der Waals surface area contributed by atoms with Crippen molar-refractivity contribution in [3.63, 3.8) is 0 Å². The topological polar surface area (TPSA) is 58.1 Å². The zero-order valence-electron chi connectivity index (χ0n) is 10.4. The summed E-state index contributed by atoms with van der Waals surface area (Å²) < 4.78 is 0. The average molecular weight is 289 g/mol. The van der Waals surface area contributed by atoms with Crippen molar-refractivity contribution in [2.24, 2.45) is 0 Å². The Balaban J connectivity index is 1.94. The first-order valence-electron chi connectivity index (χ1n) is 6.09. The number of hydrogen-bond donors (Lipinski definition) is 1. The van der Waals surface area contributed by atoms with Gasteiger partial charge in [-0.2, -0.15) is 0 Å². The van der Waals surface area contributed by atoms with E-state index in [1.54, 1.807) is 11.3 Å². The summed E-state index contributed by atoms with van der Waals surface area (Å²) >= 11 is 7.19. The van der Waals surface area contributed by atoms with E-state index in [-0.39, 0.29) is 6.03 Å². The van der Waals surface area contributed by atoms with E-state index in [1.807, 2.05) is 11.8 Å². The van der Waals surface area contributed by atoms with Crippen LogP contribution in [0.2, 0.25) is 0 Å². The van der Waals surface area contributed by atoms with Gasteiger partial charge in [0.05, 0.1) is 0 Å². The Hall–Kier alpha value is -0.880. The highest BCUT2D eigenvalue weighted by molar-refractivity contribution is 7.11. The molecule has 5 nitrogen and oxygen atoms in total. The number of urea groups is 1. The summed E-state index contributed by atoms with van der Waals surface area (Å²) in [7, 11) is 0. The second kappa shape index (κ2) is 6.33. The summed E-state index contributed by atoms with van der Waals surface area (Å²) in [5.74, 6) is 0.769.